The number of hydrogen-bond donors (Lipinski definition) is 2. The molecule has 0 aliphatic carbocycles. The number of hydrogen-bond acceptors (Lipinski definition) is 6. The lowest BCUT2D eigenvalue weighted by Gasteiger charge is -2.26. The van der Waals surface area contributed by atoms with Crippen molar-refractivity contribution in [2.75, 3.05) is 13.1 Å². The molecule has 0 saturated heterocycles. The highest BCUT2D eigenvalue weighted by atomic mass is 16.2. The van der Waals surface area contributed by atoms with Crippen molar-refractivity contribution in [2.45, 2.75) is 85.4 Å². The normalized spacial score (nSPS) is 18.8. The average Bonchev–Trinajstić information content (AvgIpc) is 3.48. The van der Waals surface area contributed by atoms with Crippen LogP contribution in [-0.4, -0.2) is 66.3 Å². The zero-order valence-corrected chi connectivity index (χ0v) is 25.7. The first-order valence-electron chi connectivity index (χ1n) is 14.9. The Kier molecular flexibility index (Phi) is 10.1. The average molecular weight is 577 g/mol. The highest BCUT2D eigenvalue weighted by Gasteiger charge is 2.27. The Bertz CT molecular complexity index is 1390. The molecule has 0 unspecified atom stereocenters. The summed E-state index contributed by atoms with van der Waals surface area (Å²) in [4.78, 5) is 46.3. The zero-order chi connectivity index (χ0) is 30.4. The predicted molar refractivity (Wildman–Crippen MR) is 160 cm³/mol. The lowest BCUT2D eigenvalue weighted by atomic mass is 10.0. The summed E-state index contributed by atoms with van der Waals surface area (Å²) in [5.41, 5.74) is 3.96. The summed E-state index contributed by atoms with van der Waals surface area (Å²) in [5.74, 6) is 0.962. The van der Waals surface area contributed by atoms with Crippen LogP contribution >= 0.6 is 0 Å². The van der Waals surface area contributed by atoms with Crippen LogP contribution in [0.2, 0.25) is 0 Å². The second-order valence-electron chi connectivity index (χ2n) is 11.6. The van der Waals surface area contributed by atoms with Crippen molar-refractivity contribution < 1.29 is 14.4 Å². The van der Waals surface area contributed by atoms with Gasteiger partial charge >= 0.3 is 0 Å². The maximum Gasteiger partial charge on any atom is 0.243 e. The van der Waals surface area contributed by atoms with Gasteiger partial charge < -0.3 is 15.5 Å². The first kappa shape index (κ1) is 30.9. The Labute approximate surface area is 248 Å². The second kappa shape index (κ2) is 13.8. The molecule has 11 heteroatoms. The van der Waals surface area contributed by atoms with Crippen molar-refractivity contribution in [3.05, 3.63) is 53.1 Å². The SMILES string of the molecule is Cc1nn(C)c(C)c1CCC(=O)N1CCCC(=O)N[C@H](CC(C)C)C(=O)N[C@H](C)c2nc(-c3ccccc3)nn2CC1. The first-order valence-corrected chi connectivity index (χ1v) is 14.9. The summed E-state index contributed by atoms with van der Waals surface area (Å²) in [6.45, 7) is 11.2. The van der Waals surface area contributed by atoms with Gasteiger partial charge in [0.2, 0.25) is 17.7 Å². The number of rotatable bonds is 6. The minimum absolute atomic E-state index is 0.0224. The first-order chi connectivity index (χ1) is 20.0. The lowest BCUT2D eigenvalue weighted by molar-refractivity contribution is -0.132. The van der Waals surface area contributed by atoms with Crippen molar-refractivity contribution >= 4 is 17.7 Å². The number of amides is 3. The Hall–Kier alpha value is -4.02. The third-order valence-corrected chi connectivity index (χ3v) is 7.85. The maximum atomic E-state index is 13.5. The summed E-state index contributed by atoms with van der Waals surface area (Å²) >= 11 is 0. The van der Waals surface area contributed by atoms with Gasteiger partial charge in [-0.2, -0.15) is 10.2 Å². The van der Waals surface area contributed by atoms with Crippen LogP contribution in [0.3, 0.4) is 0 Å². The van der Waals surface area contributed by atoms with Crippen LogP contribution in [-0.2, 0) is 34.4 Å². The van der Waals surface area contributed by atoms with Crippen molar-refractivity contribution in [1.29, 1.82) is 0 Å². The molecule has 3 amide bonds. The van der Waals surface area contributed by atoms with Gasteiger partial charge in [0.15, 0.2) is 5.82 Å². The second-order valence-corrected chi connectivity index (χ2v) is 11.6. The monoisotopic (exact) mass is 576 g/mol. The third-order valence-electron chi connectivity index (χ3n) is 7.85. The Balaban J connectivity index is 1.61. The van der Waals surface area contributed by atoms with Gasteiger partial charge in [-0.3, -0.25) is 19.1 Å². The molecule has 1 aliphatic heterocycles. The summed E-state index contributed by atoms with van der Waals surface area (Å²) in [6.07, 6.45) is 2.20. The minimum Gasteiger partial charge on any atom is -0.345 e. The highest BCUT2D eigenvalue weighted by Crippen LogP contribution is 2.20. The van der Waals surface area contributed by atoms with E-state index in [0.717, 1.165) is 22.5 Å². The Morgan fingerprint density at radius 3 is 2.45 bits per heavy atom. The molecule has 0 bridgehead atoms. The molecule has 2 aromatic heterocycles. The van der Waals surface area contributed by atoms with Crippen LogP contribution in [0.15, 0.2) is 30.3 Å². The van der Waals surface area contributed by atoms with Gasteiger partial charge in [0.25, 0.3) is 0 Å². The molecule has 1 aromatic carbocycles. The number of nitrogens with one attached hydrogen (secondary N) is 2. The quantitative estimate of drug-likeness (QED) is 0.464. The summed E-state index contributed by atoms with van der Waals surface area (Å²) < 4.78 is 3.64. The van der Waals surface area contributed by atoms with Crippen LogP contribution in [0.25, 0.3) is 11.4 Å². The van der Waals surface area contributed by atoms with Gasteiger partial charge in [-0.05, 0) is 51.5 Å². The van der Waals surface area contributed by atoms with E-state index < -0.39 is 12.1 Å². The van der Waals surface area contributed by atoms with Crippen molar-refractivity contribution in [3.63, 3.8) is 0 Å². The number of nitrogens with zero attached hydrogens (tertiary/aromatic N) is 6. The van der Waals surface area contributed by atoms with E-state index in [4.69, 9.17) is 10.1 Å². The van der Waals surface area contributed by atoms with Crippen LogP contribution in [0.4, 0.5) is 0 Å². The molecule has 0 fully saturated rings. The van der Waals surface area contributed by atoms with Gasteiger partial charge in [-0.25, -0.2) is 9.67 Å². The molecule has 226 valence electrons. The molecule has 11 nitrogen and oxygen atoms in total. The summed E-state index contributed by atoms with van der Waals surface area (Å²) in [7, 11) is 1.91. The van der Waals surface area contributed by atoms with E-state index >= 15 is 0 Å². The number of aryl methyl sites for hydroxylation is 2. The van der Waals surface area contributed by atoms with E-state index in [9.17, 15) is 14.4 Å². The van der Waals surface area contributed by atoms with E-state index in [2.05, 4.69) is 15.7 Å². The molecule has 3 aromatic rings. The molecule has 3 heterocycles. The predicted octanol–water partition coefficient (Wildman–Crippen LogP) is 3.26. The molecule has 42 heavy (non-hydrogen) atoms. The number of aromatic nitrogens is 5. The highest BCUT2D eigenvalue weighted by molar-refractivity contribution is 5.87. The third kappa shape index (κ3) is 7.63. The Morgan fingerprint density at radius 2 is 1.79 bits per heavy atom. The van der Waals surface area contributed by atoms with Crippen molar-refractivity contribution in [3.8, 4) is 11.4 Å². The smallest absolute Gasteiger partial charge is 0.243 e. The number of benzene rings is 1. The fourth-order valence-corrected chi connectivity index (χ4v) is 5.47. The van der Waals surface area contributed by atoms with E-state index in [1.165, 1.54) is 0 Å². The van der Waals surface area contributed by atoms with Gasteiger partial charge in [0.05, 0.1) is 18.3 Å². The zero-order valence-electron chi connectivity index (χ0n) is 25.7. The largest absolute Gasteiger partial charge is 0.345 e. The molecule has 0 saturated carbocycles. The number of fused-ring (bicyclic) bond motifs is 1. The van der Waals surface area contributed by atoms with Crippen LogP contribution in [0.5, 0.6) is 0 Å². The minimum atomic E-state index is -0.656. The molecular weight excluding hydrogens is 532 g/mol. The van der Waals surface area contributed by atoms with E-state index in [1.807, 2.05) is 81.6 Å². The molecule has 4 rings (SSSR count). The molecular formula is C31H44N8O3. The fourth-order valence-electron chi connectivity index (χ4n) is 5.47. The number of carbonyl (C=O) groups is 3. The van der Waals surface area contributed by atoms with Gasteiger partial charge in [-0.1, -0.05) is 44.2 Å². The maximum absolute atomic E-state index is 13.5. The molecule has 2 N–H and O–H groups in total. The van der Waals surface area contributed by atoms with Crippen LogP contribution in [0, 0.1) is 19.8 Å². The van der Waals surface area contributed by atoms with Gasteiger partial charge in [-0.15, -0.1) is 0 Å². The molecule has 0 spiro atoms. The lowest BCUT2D eigenvalue weighted by Crippen LogP contribution is -2.48. The van der Waals surface area contributed by atoms with E-state index in [-0.39, 0.29) is 30.1 Å². The topological polar surface area (TPSA) is 127 Å². The number of carbonyl (C=O) groups excluding carboxylic acids is 3. The standard InChI is InChI=1S/C31H44N8O3/c1-20(2)19-26-31(42)32-22(4)30-34-29(24-11-8-7-9-12-24)36-39(30)18-17-38(16-10-13-27(40)33-26)28(41)15-14-25-21(3)35-37(6)23(25)5/h7-9,11-12,20,22,26H,10,13-19H2,1-6H3,(H,32,42)(H,33,40)/t22-,26-/m1/s1. The van der Waals surface area contributed by atoms with Gasteiger partial charge in [0.1, 0.15) is 11.9 Å². The van der Waals surface area contributed by atoms with Crippen LogP contribution < -0.4 is 10.6 Å². The van der Waals surface area contributed by atoms with Crippen molar-refractivity contribution in [2.24, 2.45) is 13.0 Å². The fraction of sp³-hybridized carbons (Fsp3) is 0.548. The van der Waals surface area contributed by atoms with Crippen LogP contribution in [0.1, 0.15) is 75.3 Å². The van der Waals surface area contributed by atoms with E-state index in [1.54, 1.807) is 4.68 Å². The van der Waals surface area contributed by atoms with Gasteiger partial charge in [0, 0.05) is 44.2 Å². The summed E-state index contributed by atoms with van der Waals surface area (Å²) in [6, 6.07) is 8.58. The molecule has 0 radical (unpaired) electrons. The van der Waals surface area contributed by atoms with E-state index in [0.29, 0.717) is 57.0 Å². The summed E-state index contributed by atoms with van der Waals surface area (Å²) in [5, 5.41) is 15.3. The molecule has 1 aliphatic rings. The molecule has 2 atom stereocenters. The Morgan fingerprint density at radius 1 is 1.05 bits per heavy atom. The van der Waals surface area contributed by atoms with Crippen molar-refractivity contribution in [1.82, 2.24) is 40.1 Å².